The third-order valence-corrected chi connectivity index (χ3v) is 6.60. The number of rotatable bonds is 8. The molecule has 3 atom stereocenters. The quantitative estimate of drug-likeness (QED) is 0.245. The fourth-order valence-electron chi connectivity index (χ4n) is 4.73. The summed E-state index contributed by atoms with van der Waals surface area (Å²) in [6, 6.07) is 36.0. The highest BCUT2D eigenvalue weighted by atomic mass is 19.3. The van der Waals surface area contributed by atoms with E-state index in [9.17, 15) is 9.90 Å². The number of carbonyl (C=O) groups is 1. The van der Waals surface area contributed by atoms with Crippen LogP contribution in [0.15, 0.2) is 121 Å². The van der Waals surface area contributed by atoms with Crippen molar-refractivity contribution in [3.8, 4) is 0 Å². The van der Waals surface area contributed by atoms with Gasteiger partial charge in [-0.2, -0.15) is 8.78 Å². The van der Waals surface area contributed by atoms with Crippen LogP contribution in [0.25, 0.3) is 0 Å². The van der Waals surface area contributed by atoms with Crippen molar-refractivity contribution in [2.45, 2.75) is 30.0 Å². The maximum Gasteiger partial charge on any atom is 0.338 e. The molecule has 0 bridgehead atoms. The molecule has 1 saturated heterocycles. The highest BCUT2D eigenvalue weighted by Crippen LogP contribution is 2.43. The molecule has 0 radical (unpaired) electrons. The number of hydrogen-bond donors (Lipinski definition) is 1. The summed E-state index contributed by atoms with van der Waals surface area (Å²) in [5.41, 5.74) is 1.20. The summed E-state index contributed by atoms with van der Waals surface area (Å²) in [4.78, 5) is 12.7. The van der Waals surface area contributed by atoms with Crippen LogP contribution in [0, 0.1) is 0 Å². The number of aliphatic hydroxyl groups is 1. The zero-order valence-corrected chi connectivity index (χ0v) is 20.3. The molecule has 5 rings (SSSR count). The van der Waals surface area contributed by atoms with Crippen LogP contribution in [0.3, 0.4) is 0 Å². The van der Waals surface area contributed by atoms with Gasteiger partial charge >= 0.3 is 11.9 Å². The number of esters is 1. The summed E-state index contributed by atoms with van der Waals surface area (Å²) in [6.07, 6.45) is -5.96. The number of aliphatic hydroxyl groups excluding tert-OH is 1. The largest absolute Gasteiger partial charge is 0.449 e. The standard InChI is InChI=1S/C31H26F2O5/c32-31(33)27(38-28(34)22-13-5-1-6-14-22)26(37-29(31)35)21-36-30(23-15-7-2-8-16-23,24-17-9-3-10-18-24)25-19-11-4-12-20-25/h1-20,26-27,29,35H,21H2/t26-,27?,29?/m1/s1. The van der Waals surface area contributed by atoms with Crippen molar-refractivity contribution in [2.75, 3.05) is 6.61 Å². The third-order valence-electron chi connectivity index (χ3n) is 6.60. The smallest absolute Gasteiger partial charge is 0.338 e. The average Bonchev–Trinajstić information content (AvgIpc) is 3.18. The number of alkyl halides is 2. The topological polar surface area (TPSA) is 65.0 Å². The van der Waals surface area contributed by atoms with E-state index < -0.39 is 42.6 Å². The molecule has 7 heteroatoms. The van der Waals surface area contributed by atoms with Gasteiger partial charge in [-0.25, -0.2) is 4.79 Å². The number of halogens is 2. The molecule has 4 aromatic carbocycles. The van der Waals surface area contributed by atoms with Crippen molar-refractivity contribution in [1.29, 1.82) is 0 Å². The lowest BCUT2D eigenvalue weighted by atomic mass is 9.80. The predicted octanol–water partition coefficient (Wildman–Crippen LogP) is 5.57. The van der Waals surface area contributed by atoms with Gasteiger partial charge in [-0.1, -0.05) is 109 Å². The lowest BCUT2D eigenvalue weighted by molar-refractivity contribution is -0.200. The van der Waals surface area contributed by atoms with E-state index in [0.29, 0.717) is 0 Å². The fraction of sp³-hybridized carbons (Fsp3) is 0.194. The molecule has 0 saturated carbocycles. The number of ether oxygens (including phenoxy) is 3. The summed E-state index contributed by atoms with van der Waals surface area (Å²) in [6.45, 7) is -0.405. The molecular formula is C31H26F2O5. The van der Waals surface area contributed by atoms with Crippen molar-refractivity contribution < 1.29 is 32.9 Å². The Balaban J connectivity index is 1.52. The second-order valence-electron chi connectivity index (χ2n) is 8.98. The number of carbonyl (C=O) groups excluding carboxylic acids is 1. The molecule has 1 heterocycles. The van der Waals surface area contributed by atoms with Crippen LogP contribution in [0.4, 0.5) is 8.78 Å². The minimum absolute atomic E-state index is 0.108. The molecule has 0 aromatic heterocycles. The predicted molar refractivity (Wildman–Crippen MR) is 137 cm³/mol. The van der Waals surface area contributed by atoms with E-state index in [-0.39, 0.29) is 5.56 Å². The van der Waals surface area contributed by atoms with Gasteiger partial charge in [0, 0.05) is 0 Å². The van der Waals surface area contributed by atoms with Crippen molar-refractivity contribution in [2.24, 2.45) is 0 Å². The van der Waals surface area contributed by atoms with E-state index in [1.165, 1.54) is 12.1 Å². The highest BCUT2D eigenvalue weighted by Gasteiger charge is 2.61. The van der Waals surface area contributed by atoms with E-state index in [1.807, 2.05) is 91.0 Å². The molecule has 4 aromatic rings. The molecule has 1 aliphatic rings. The Labute approximate surface area is 219 Å². The van der Waals surface area contributed by atoms with Crippen molar-refractivity contribution in [3.05, 3.63) is 144 Å². The monoisotopic (exact) mass is 516 g/mol. The fourth-order valence-corrected chi connectivity index (χ4v) is 4.73. The Morgan fingerprint density at radius 2 is 1.18 bits per heavy atom. The van der Waals surface area contributed by atoms with Crippen molar-refractivity contribution in [1.82, 2.24) is 0 Å². The molecule has 0 aliphatic carbocycles. The minimum Gasteiger partial charge on any atom is -0.449 e. The first kappa shape index (κ1) is 25.7. The van der Waals surface area contributed by atoms with Gasteiger partial charge in [0.25, 0.3) is 0 Å². The summed E-state index contributed by atoms with van der Waals surface area (Å²) in [5, 5.41) is 10.0. The Morgan fingerprint density at radius 1 is 0.763 bits per heavy atom. The summed E-state index contributed by atoms with van der Waals surface area (Å²) < 4.78 is 47.0. The van der Waals surface area contributed by atoms with Crippen LogP contribution in [-0.2, 0) is 19.8 Å². The van der Waals surface area contributed by atoms with Gasteiger partial charge in [0.1, 0.15) is 11.7 Å². The molecule has 38 heavy (non-hydrogen) atoms. The Bertz CT molecular complexity index is 1240. The van der Waals surface area contributed by atoms with Gasteiger partial charge in [-0.05, 0) is 28.8 Å². The van der Waals surface area contributed by atoms with Crippen LogP contribution >= 0.6 is 0 Å². The van der Waals surface area contributed by atoms with Gasteiger partial charge in [0.2, 0.25) is 6.29 Å². The van der Waals surface area contributed by atoms with E-state index in [4.69, 9.17) is 14.2 Å². The van der Waals surface area contributed by atoms with E-state index in [2.05, 4.69) is 0 Å². The lowest BCUT2D eigenvalue weighted by Crippen LogP contribution is -2.45. The maximum atomic E-state index is 15.0. The number of hydrogen-bond acceptors (Lipinski definition) is 5. The van der Waals surface area contributed by atoms with Gasteiger partial charge < -0.3 is 19.3 Å². The van der Waals surface area contributed by atoms with Gasteiger partial charge in [-0.3, -0.25) is 0 Å². The molecule has 1 fully saturated rings. The van der Waals surface area contributed by atoms with Crippen molar-refractivity contribution >= 4 is 5.97 Å². The van der Waals surface area contributed by atoms with Crippen LogP contribution in [0.2, 0.25) is 0 Å². The van der Waals surface area contributed by atoms with Gasteiger partial charge in [0.05, 0.1) is 12.2 Å². The summed E-state index contributed by atoms with van der Waals surface area (Å²) >= 11 is 0. The molecule has 1 aliphatic heterocycles. The molecule has 0 amide bonds. The lowest BCUT2D eigenvalue weighted by Gasteiger charge is -2.37. The van der Waals surface area contributed by atoms with E-state index >= 15 is 8.78 Å². The first-order valence-electron chi connectivity index (χ1n) is 12.2. The Hall–Kier alpha value is -3.91. The molecule has 5 nitrogen and oxygen atoms in total. The van der Waals surface area contributed by atoms with Crippen LogP contribution in [0.1, 0.15) is 27.0 Å². The molecular weight excluding hydrogens is 490 g/mol. The zero-order valence-electron chi connectivity index (χ0n) is 20.3. The van der Waals surface area contributed by atoms with Crippen molar-refractivity contribution in [3.63, 3.8) is 0 Å². The average molecular weight is 517 g/mol. The molecule has 1 N–H and O–H groups in total. The first-order valence-corrected chi connectivity index (χ1v) is 12.2. The van der Waals surface area contributed by atoms with Gasteiger partial charge in [-0.15, -0.1) is 0 Å². The van der Waals surface area contributed by atoms with Crippen LogP contribution < -0.4 is 0 Å². The Morgan fingerprint density at radius 3 is 1.63 bits per heavy atom. The second kappa shape index (κ2) is 10.8. The summed E-state index contributed by atoms with van der Waals surface area (Å²) in [7, 11) is 0. The number of benzene rings is 4. The van der Waals surface area contributed by atoms with E-state index in [1.54, 1.807) is 18.2 Å². The van der Waals surface area contributed by atoms with Crippen LogP contribution in [-0.4, -0.2) is 42.1 Å². The minimum atomic E-state index is -3.84. The molecule has 0 spiro atoms. The van der Waals surface area contributed by atoms with Gasteiger partial charge in [0.15, 0.2) is 6.10 Å². The SMILES string of the molecule is O=C(OC1[C@@H](COC(c2ccccc2)(c2ccccc2)c2ccccc2)OC(O)C1(F)F)c1ccccc1. The zero-order chi connectivity index (χ0) is 26.6. The molecule has 2 unspecified atom stereocenters. The maximum absolute atomic E-state index is 15.0. The first-order chi connectivity index (χ1) is 18.4. The summed E-state index contributed by atoms with van der Waals surface area (Å²) in [5.74, 6) is -4.79. The Kier molecular flexibility index (Phi) is 7.33. The normalized spacial score (nSPS) is 20.7. The van der Waals surface area contributed by atoms with E-state index in [0.717, 1.165) is 16.7 Å². The van der Waals surface area contributed by atoms with Crippen LogP contribution in [0.5, 0.6) is 0 Å². The second-order valence-corrected chi connectivity index (χ2v) is 8.98. The highest BCUT2D eigenvalue weighted by molar-refractivity contribution is 5.89. The molecule has 194 valence electrons. The third kappa shape index (κ3) is 4.84.